The fraction of sp³-hybridized carbons (Fsp3) is 0.750. The van der Waals surface area contributed by atoms with Crippen molar-refractivity contribution in [3.63, 3.8) is 0 Å². The quantitative estimate of drug-likeness (QED) is 0.570. The van der Waals surface area contributed by atoms with E-state index in [-0.39, 0.29) is 0 Å². The molecule has 0 saturated carbocycles. The molecular weight excluding hydrogens is 248 g/mol. The average Bonchev–Trinajstić information content (AvgIpc) is 2.29. The minimum Gasteiger partial charge on any atom is -0.0808 e. The molecule has 104 valence electrons. The van der Waals surface area contributed by atoms with Gasteiger partial charge in [0.2, 0.25) is 0 Å². The Kier molecular flexibility index (Phi) is 4.88. The van der Waals surface area contributed by atoms with Crippen molar-refractivity contribution in [3.8, 4) is 0 Å². The third kappa shape index (κ3) is 2.22. The van der Waals surface area contributed by atoms with Crippen LogP contribution >= 0.6 is 0 Å². The summed E-state index contributed by atoms with van der Waals surface area (Å²) in [5.41, 5.74) is 0. The lowest BCUT2D eigenvalue weighted by molar-refractivity contribution is 1.02. The van der Waals surface area contributed by atoms with Gasteiger partial charge in [0, 0.05) is 0 Å². The second-order valence-corrected chi connectivity index (χ2v) is 15.5. The lowest BCUT2D eigenvalue weighted by Crippen LogP contribution is -2.48. The summed E-state index contributed by atoms with van der Waals surface area (Å²) in [6.45, 7) is 19.9. The van der Waals surface area contributed by atoms with Gasteiger partial charge in [-0.2, -0.15) is 0 Å². The van der Waals surface area contributed by atoms with Gasteiger partial charge in [0.1, 0.15) is 16.1 Å². The van der Waals surface area contributed by atoms with Crippen molar-refractivity contribution in [2.45, 2.75) is 79.6 Å². The zero-order chi connectivity index (χ0) is 14.1. The van der Waals surface area contributed by atoms with Crippen molar-refractivity contribution in [3.05, 3.63) is 20.8 Å². The minimum absolute atomic E-state index is 1.29. The topological polar surface area (TPSA) is 0 Å². The first-order chi connectivity index (χ1) is 8.28. The van der Waals surface area contributed by atoms with Crippen LogP contribution in [0.3, 0.4) is 0 Å². The SMILES string of the molecule is CCC1=C(CC)[Si](C)(C)C(CC)=C(CC)[Si]1(C)C. The van der Waals surface area contributed by atoms with Gasteiger partial charge in [0.05, 0.1) is 0 Å². The molecule has 0 aromatic heterocycles. The van der Waals surface area contributed by atoms with E-state index >= 15 is 0 Å². The van der Waals surface area contributed by atoms with Gasteiger partial charge in [-0.1, -0.05) is 74.7 Å². The number of hydrogen-bond acceptors (Lipinski definition) is 0. The van der Waals surface area contributed by atoms with Crippen molar-refractivity contribution in [1.82, 2.24) is 0 Å². The fourth-order valence-corrected chi connectivity index (χ4v) is 16.2. The maximum absolute atomic E-state index is 2.60. The van der Waals surface area contributed by atoms with Crippen molar-refractivity contribution < 1.29 is 0 Å². The van der Waals surface area contributed by atoms with Crippen LogP contribution in [0.1, 0.15) is 53.4 Å². The number of hydrogen-bond donors (Lipinski definition) is 0. The molecule has 0 aliphatic carbocycles. The summed E-state index contributed by atoms with van der Waals surface area (Å²) in [6, 6.07) is 0. The van der Waals surface area contributed by atoms with Crippen molar-refractivity contribution in [2.24, 2.45) is 0 Å². The van der Waals surface area contributed by atoms with Crippen LogP contribution in [0.5, 0.6) is 0 Å². The highest BCUT2D eigenvalue weighted by molar-refractivity contribution is 7.01. The number of rotatable bonds is 4. The summed E-state index contributed by atoms with van der Waals surface area (Å²) in [4.78, 5) is 0. The summed E-state index contributed by atoms with van der Waals surface area (Å²) in [6.07, 6.45) is 5.16. The van der Waals surface area contributed by atoms with Crippen molar-refractivity contribution >= 4 is 16.1 Å². The highest BCUT2D eigenvalue weighted by atomic mass is 28.3. The Morgan fingerprint density at radius 1 is 0.500 bits per heavy atom. The first kappa shape index (κ1) is 16.0. The predicted molar refractivity (Wildman–Crippen MR) is 90.2 cm³/mol. The van der Waals surface area contributed by atoms with Crippen LogP contribution in [-0.4, -0.2) is 16.1 Å². The van der Waals surface area contributed by atoms with Crippen LogP contribution in [0.15, 0.2) is 20.8 Å². The average molecular weight is 281 g/mol. The Morgan fingerprint density at radius 3 is 0.778 bits per heavy atom. The van der Waals surface area contributed by atoms with E-state index in [4.69, 9.17) is 0 Å². The fourth-order valence-electron chi connectivity index (χ4n) is 4.49. The molecule has 0 radical (unpaired) electrons. The zero-order valence-corrected chi connectivity index (χ0v) is 15.8. The first-order valence-electron chi connectivity index (χ1n) is 7.74. The smallest absolute Gasteiger partial charge is 0.0808 e. The Labute approximate surface area is 117 Å². The van der Waals surface area contributed by atoms with Gasteiger partial charge >= 0.3 is 0 Å². The molecule has 0 fully saturated rings. The highest BCUT2D eigenvalue weighted by Gasteiger charge is 2.44. The van der Waals surface area contributed by atoms with E-state index in [1.807, 2.05) is 20.8 Å². The Bertz CT molecular complexity index is 314. The van der Waals surface area contributed by atoms with E-state index in [9.17, 15) is 0 Å². The van der Waals surface area contributed by atoms with Gasteiger partial charge in [0.15, 0.2) is 0 Å². The van der Waals surface area contributed by atoms with Crippen LogP contribution in [-0.2, 0) is 0 Å². The molecule has 0 nitrogen and oxygen atoms in total. The predicted octanol–water partition coefficient (Wildman–Crippen LogP) is 5.81. The van der Waals surface area contributed by atoms with Gasteiger partial charge in [-0.3, -0.25) is 0 Å². The minimum atomic E-state index is -1.31. The first-order valence-corrected chi connectivity index (χ1v) is 13.7. The third-order valence-corrected chi connectivity index (χ3v) is 14.3. The summed E-state index contributed by atoms with van der Waals surface area (Å²) >= 11 is 0. The van der Waals surface area contributed by atoms with E-state index in [1.165, 1.54) is 25.7 Å². The summed E-state index contributed by atoms with van der Waals surface area (Å²) in [5, 5.41) is 7.60. The normalized spacial score (nSPS) is 22.7. The molecule has 0 unspecified atom stereocenters. The maximum Gasteiger partial charge on any atom is 0.101 e. The molecule has 18 heavy (non-hydrogen) atoms. The third-order valence-electron chi connectivity index (χ3n) is 5.16. The molecule has 0 amide bonds. The van der Waals surface area contributed by atoms with E-state index in [0.717, 1.165) is 0 Å². The maximum atomic E-state index is 2.60. The molecule has 0 saturated heterocycles. The second-order valence-electron chi connectivity index (χ2n) is 6.58. The Hall–Kier alpha value is -0.0862. The molecule has 0 aromatic carbocycles. The lowest BCUT2D eigenvalue weighted by atomic mass is 10.3. The van der Waals surface area contributed by atoms with Crippen molar-refractivity contribution in [1.29, 1.82) is 0 Å². The zero-order valence-electron chi connectivity index (χ0n) is 13.8. The van der Waals surface area contributed by atoms with Crippen LogP contribution in [0.25, 0.3) is 0 Å². The summed E-state index contributed by atoms with van der Waals surface area (Å²) in [5.74, 6) is 0. The Balaban J connectivity index is 3.59. The van der Waals surface area contributed by atoms with E-state index in [1.54, 1.807) is 0 Å². The second kappa shape index (κ2) is 5.50. The molecule has 0 spiro atoms. The van der Waals surface area contributed by atoms with Gasteiger partial charge in [-0.25, -0.2) is 0 Å². The molecule has 1 aliphatic rings. The molecule has 0 N–H and O–H groups in total. The van der Waals surface area contributed by atoms with Crippen LogP contribution in [0, 0.1) is 0 Å². The van der Waals surface area contributed by atoms with E-state index in [0.29, 0.717) is 0 Å². The van der Waals surface area contributed by atoms with Crippen LogP contribution in [0.2, 0.25) is 26.2 Å². The van der Waals surface area contributed by atoms with Gasteiger partial charge < -0.3 is 0 Å². The highest BCUT2D eigenvalue weighted by Crippen LogP contribution is 2.45. The molecule has 2 heteroatoms. The number of allylic oxidation sites excluding steroid dienone is 4. The van der Waals surface area contributed by atoms with Crippen LogP contribution in [0.4, 0.5) is 0 Å². The molecular formula is C16H32Si2. The Morgan fingerprint density at radius 2 is 0.667 bits per heavy atom. The molecule has 1 rings (SSSR count). The van der Waals surface area contributed by atoms with Gasteiger partial charge in [0.25, 0.3) is 0 Å². The van der Waals surface area contributed by atoms with Gasteiger partial charge in [-0.15, -0.1) is 0 Å². The van der Waals surface area contributed by atoms with Crippen molar-refractivity contribution in [2.75, 3.05) is 0 Å². The van der Waals surface area contributed by atoms with Gasteiger partial charge in [-0.05, 0) is 25.7 Å². The molecule has 0 atom stereocenters. The monoisotopic (exact) mass is 280 g/mol. The molecule has 0 bridgehead atoms. The summed E-state index contributed by atoms with van der Waals surface area (Å²) in [7, 11) is -2.62. The summed E-state index contributed by atoms with van der Waals surface area (Å²) < 4.78 is 0. The van der Waals surface area contributed by atoms with Crippen LogP contribution < -0.4 is 0 Å². The van der Waals surface area contributed by atoms with E-state index in [2.05, 4.69) is 53.9 Å². The lowest BCUT2D eigenvalue weighted by Gasteiger charge is -2.45. The molecule has 0 aromatic rings. The standard InChI is InChI=1S/C16H32Si2/c1-9-13-14(10-2)18(7,8)16(12-4)15(11-3)17(13,5)6/h9-12H2,1-8H3. The van der Waals surface area contributed by atoms with E-state index < -0.39 is 16.1 Å². The largest absolute Gasteiger partial charge is 0.101 e. The molecule has 1 heterocycles. The molecule has 1 aliphatic heterocycles.